The Labute approximate surface area is 101 Å². The lowest BCUT2D eigenvalue weighted by atomic mass is 10.4. The van der Waals surface area contributed by atoms with E-state index in [0.717, 1.165) is 18.6 Å². The molecule has 0 aromatic carbocycles. The summed E-state index contributed by atoms with van der Waals surface area (Å²) in [5.41, 5.74) is 0. The minimum Gasteiger partial charge on any atom is -0.218 e. The summed E-state index contributed by atoms with van der Waals surface area (Å²) in [4.78, 5) is 6.57. The normalized spacial score (nSPS) is 11.8. The van der Waals surface area contributed by atoms with Crippen LogP contribution in [-0.4, -0.2) is 15.7 Å². The van der Waals surface area contributed by atoms with Crippen LogP contribution in [0.25, 0.3) is 0 Å². The Morgan fingerprint density at radius 1 is 1.38 bits per heavy atom. The van der Waals surface area contributed by atoms with Crippen LogP contribution >= 0.6 is 23.4 Å². The van der Waals surface area contributed by atoms with Crippen molar-refractivity contribution in [1.29, 1.82) is 0 Å². The fourth-order valence-corrected chi connectivity index (χ4v) is 2.16. The molecule has 0 saturated heterocycles. The SMILES string of the molecule is CCCCSc1cc(Cl)nc(C(F)(F)F)n1. The van der Waals surface area contributed by atoms with Gasteiger partial charge >= 0.3 is 6.18 Å². The van der Waals surface area contributed by atoms with Gasteiger partial charge in [0.15, 0.2) is 0 Å². The van der Waals surface area contributed by atoms with Crippen molar-refractivity contribution in [2.75, 3.05) is 5.75 Å². The van der Waals surface area contributed by atoms with E-state index in [4.69, 9.17) is 11.6 Å². The molecule has 1 heterocycles. The zero-order valence-corrected chi connectivity index (χ0v) is 10.1. The first-order valence-corrected chi connectivity index (χ1v) is 6.04. The molecule has 1 aromatic heterocycles. The first-order valence-electron chi connectivity index (χ1n) is 4.68. The number of aromatic nitrogens is 2. The van der Waals surface area contributed by atoms with Crippen LogP contribution in [0, 0.1) is 0 Å². The lowest BCUT2D eigenvalue weighted by molar-refractivity contribution is -0.145. The van der Waals surface area contributed by atoms with Gasteiger partial charge in [-0.2, -0.15) is 13.2 Å². The van der Waals surface area contributed by atoms with Gasteiger partial charge in [0.2, 0.25) is 5.82 Å². The second kappa shape index (κ2) is 5.72. The quantitative estimate of drug-likeness (QED) is 0.469. The molecule has 2 nitrogen and oxygen atoms in total. The van der Waals surface area contributed by atoms with Gasteiger partial charge < -0.3 is 0 Å². The molecule has 0 aliphatic rings. The van der Waals surface area contributed by atoms with Gasteiger partial charge in [0.05, 0.1) is 0 Å². The van der Waals surface area contributed by atoms with E-state index in [2.05, 4.69) is 9.97 Å². The standard InChI is InChI=1S/C9H10ClF3N2S/c1-2-3-4-16-7-5-6(10)14-8(15-7)9(11,12)13/h5H,2-4H2,1H3. The smallest absolute Gasteiger partial charge is 0.218 e. The van der Waals surface area contributed by atoms with Crippen LogP contribution in [0.15, 0.2) is 11.1 Å². The Kier molecular flexibility index (Phi) is 4.86. The molecule has 0 fully saturated rings. The number of halogens is 4. The van der Waals surface area contributed by atoms with E-state index in [9.17, 15) is 13.2 Å². The third kappa shape index (κ3) is 4.17. The summed E-state index contributed by atoms with van der Waals surface area (Å²) in [5.74, 6) is -0.458. The number of hydrogen-bond acceptors (Lipinski definition) is 3. The van der Waals surface area contributed by atoms with Crippen LogP contribution in [0.1, 0.15) is 25.6 Å². The summed E-state index contributed by atoms with van der Waals surface area (Å²) < 4.78 is 37.0. The summed E-state index contributed by atoms with van der Waals surface area (Å²) in [6.45, 7) is 2.01. The molecule has 0 spiro atoms. The molecule has 0 aliphatic heterocycles. The lowest BCUT2D eigenvalue weighted by Gasteiger charge is -2.07. The molecule has 0 radical (unpaired) electrons. The van der Waals surface area contributed by atoms with Crippen LogP contribution in [0.5, 0.6) is 0 Å². The predicted octanol–water partition coefficient (Wildman–Crippen LogP) is 4.04. The molecule has 1 aromatic rings. The van der Waals surface area contributed by atoms with Crippen LogP contribution in [0.3, 0.4) is 0 Å². The monoisotopic (exact) mass is 270 g/mol. The molecule has 7 heteroatoms. The predicted molar refractivity (Wildman–Crippen MR) is 57.7 cm³/mol. The average Bonchev–Trinajstić information content (AvgIpc) is 2.16. The maximum Gasteiger partial charge on any atom is 0.451 e. The topological polar surface area (TPSA) is 25.8 Å². The van der Waals surface area contributed by atoms with Gasteiger partial charge in [-0.1, -0.05) is 24.9 Å². The summed E-state index contributed by atoms with van der Waals surface area (Å²) in [7, 11) is 0. The average molecular weight is 271 g/mol. The zero-order chi connectivity index (χ0) is 12.2. The maximum atomic E-state index is 12.3. The van der Waals surface area contributed by atoms with E-state index < -0.39 is 12.0 Å². The fourth-order valence-electron chi connectivity index (χ4n) is 0.919. The highest BCUT2D eigenvalue weighted by Crippen LogP contribution is 2.29. The van der Waals surface area contributed by atoms with E-state index in [0.29, 0.717) is 0 Å². The highest BCUT2D eigenvalue weighted by atomic mass is 35.5. The van der Waals surface area contributed by atoms with Gasteiger partial charge in [-0.25, -0.2) is 9.97 Å². The van der Waals surface area contributed by atoms with Gasteiger partial charge in [-0.15, -0.1) is 11.8 Å². The molecule has 1 rings (SSSR count). The number of alkyl halides is 3. The fraction of sp³-hybridized carbons (Fsp3) is 0.556. The van der Waals surface area contributed by atoms with Gasteiger partial charge in [0.1, 0.15) is 10.2 Å². The van der Waals surface area contributed by atoms with Crippen LogP contribution in [0.2, 0.25) is 5.15 Å². The zero-order valence-electron chi connectivity index (χ0n) is 8.51. The van der Waals surface area contributed by atoms with Crippen LogP contribution < -0.4 is 0 Å². The minimum absolute atomic E-state index is 0.179. The van der Waals surface area contributed by atoms with Crippen molar-refractivity contribution < 1.29 is 13.2 Å². The summed E-state index contributed by atoms with van der Waals surface area (Å²) >= 11 is 6.76. The second-order valence-electron chi connectivity index (χ2n) is 3.05. The molecule has 0 amide bonds. The van der Waals surface area contributed by atoms with Crippen LogP contribution in [-0.2, 0) is 6.18 Å². The van der Waals surface area contributed by atoms with Crippen molar-refractivity contribution in [1.82, 2.24) is 9.97 Å². The van der Waals surface area contributed by atoms with Crippen molar-refractivity contribution in [3.8, 4) is 0 Å². The molecule has 0 atom stereocenters. The molecule has 0 saturated carbocycles. The Morgan fingerprint density at radius 3 is 2.62 bits per heavy atom. The van der Waals surface area contributed by atoms with E-state index in [1.54, 1.807) is 0 Å². The number of thioether (sulfide) groups is 1. The third-order valence-corrected chi connectivity index (χ3v) is 2.86. The molecule has 0 unspecified atom stereocenters. The lowest BCUT2D eigenvalue weighted by Crippen LogP contribution is -2.11. The van der Waals surface area contributed by atoms with Crippen molar-refractivity contribution in [2.45, 2.75) is 31.0 Å². The molecule has 0 N–H and O–H groups in total. The van der Waals surface area contributed by atoms with Crippen molar-refractivity contribution in [3.63, 3.8) is 0 Å². The van der Waals surface area contributed by atoms with Crippen molar-refractivity contribution >= 4 is 23.4 Å². The van der Waals surface area contributed by atoms with E-state index in [-0.39, 0.29) is 10.2 Å². The first kappa shape index (κ1) is 13.6. The molecule has 0 aliphatic carbocycles. The van der Waals surface area contributed by atoms with Crippen molar-refractivity contribution in [2.24, 2.45) is 0 Å². The number of rotatable bonds is 4. The highest BCUT2D eigenvalue weighted by molar-refractivity contribution is 7.99. The van der Waals surface area contributed by atoms with E-state index in [1.807, 2.05) is 6.92 Å². The van der Waals surface area contributed by atoms with Gasteiger partial charge in [-0.3, -0.25) is 0 Å². The van der Waals surface area contributed by atoms with E-state index >= 15 is 0 Å². The number of unbranched alkanes of at least 4 members (excludes halogenated alkanes) is 1. The third-order valence-electron chi connectivity index (χ3n) is 1.67. The van der Waals surface area contributed by atoms with Crippen LogP contribution in [0.4, 0.5) is 13.2 Å². The van der Waals surface area contributed by atoms with E-state index in [1.165, 1.54) is 17.8 Å². The largest absolute Gasteiger partial charge is 0.451 e. The Morgan fingerprint density at radius 2 is 2.06 bits per heavy atom. The Bertz CT molecular complexity index is 357. The molecule has 16 heavy (non-hydrogen) atoms. The summed E-state index contributed by atoms with van der Waals surface area (Å²) in [6, 6.07) is 1.34. The molecular formula is C9H10ClF3N2S. The molecule has 90 valence electrons. The Hall–Kier alpha value is -0.490. The Balaban J connectivity index is 2.82. The first-order chi connectivity index (χ1) is 7.43. The van der Waals surface area contributed by atoms with Crippen molar-refractivity contribution in [3.05, 3.63) is 17.0 Å². The second-order valence-corrected chi connectivity index (χ2v) is 4.55. The van der Waals surface area contributed by atoms with Gasteiger partial charge in [0.25, 0.3) is 0 Å². The minimum atomic E-state index is -4.55. The summed E-state index contributed by atoms with van der Waals surface area (Å²) in [5, 5.41) is 0.0853. The van der Waals surface area contributed by atoms with Gasteiger partial charge in [0, 0.05) is 6.07 Å². The molecule has 0 bridgehead atoms. The van der Waals surface area contributed by atoms with Gasteiger partial charge in [-0.05, 0) is 12.2 Å². The molecular weight excluding hydrogens is 261 g/mol. The number of hydrogen-bond donors (Lipinski definition) is 0. The number of nitrogens with zero attached hydrogens (tertiary/aromatic N) is 2. The summed E-state index contributed by atoms with van der Waals surface area (Å²) in [6.07, 6.45) is -2.64. The highest BCUT2D eigenvalue weighted by Gasteiger charge is 2.35. The maximum absolute atomic E-state index is 12.3.